The number of anilines is 6. The van der Waals surface area contributed by atoms with Crippen molar-refractivity contribution < 1.29 is 169 Å². The molecule has 30 atom stereocenters. The van der Waals surface area contributed by atoms with Gasteiger partial charge in [-0.15, -0.1) is 0 Å². The molecule has 71 heteroatoms. The van der Waals surface area contributed by atoms with Gasteiger partial charge in [0.1, 0.15) is 120 Å². The Balaban J connectivity index is 0.000000126. The van der Waals surface area contributed by atoms with Gasteiger partial charge < -0.3 is 122 Å². The van der Waals surface area contributed by atoms with E-state index in [0.29, 0.717) is 33.6 Å². The maximum Gasteiger partial charge on any atom is 0.472 e. The molecule has 0 spiro atoms. The van der Waals surface area contributed by atoms with Crippen molar-refractivity contribution in [1.82, 2.24) is 97.2 Å². The summed E-state index contributed by atoms with van der Waals surface area (Å²) >= 11 is 0. The molecule has 8 bridgehead atoms. The standard InChI is InChI=1S/C22H25N9O13P2.C22H26N8O13P2.C21H24FN9O12P2/c23-8-1-2-25-16-10(8)26-6-30(16)20-14-15-22(42-20,4-38-14)5-40-46(36,37)43-13-12(32)9(3-39-45(34,35)44-15)41-19(13)31-7-27-11-17(31)28-21(24)29-18(11)33;23-9-1-3-25-17-8(9)2-4-29(17)20-14(32)15-11(41-20)6-39-45(36,37)43-16-13(31)10(5-38-44(34,35)42-15)40-21(16)30-7-26-12-18(30)27-22(24)28-19(12)33;22-10-14-9(41-19(10)30-5-26-11-7(23)1-2-25-16(11)30)4-39-45(36,37)43-15-13(32)8(3-38-44(34,35)42-14)40-20(15)31-6-27-12-17(31)28-21(24)29-18(12)33/h1-2,6-7,9,12-15,19-20,32H,3-5H2,(H2,23,25)(H,34,35)(H,36,37)(H3,24,28,29,33);1-4,7,10-11,13-16,20-21,31-32H,5-6H2,(H2,23,25)(H,34,35)(H,36,37)(H3,24,27,28,33);1-2,5-6,8-10,13-15,19-20,32H,3-4H2,(H2,23,25)(H,34,35)(H,36,37)(H3,24,28,29,33)/t9-,12?,13+,14+,15?,19-,20-,22-;10-,11-,13?,14+,15?,16+,20-,21-;8-,9-,10+,13?,14?,15+,19-,20-/m111/s1. The Bertz CT molecular complexity index is 6940. The van der Waals surface area contributed by atoms with Crippen LogP contribution in [0.1, 0.15) is 37.4 Å². The van der Waals surface area contributed by atoms with Crippen molar-refractivity contribution in [3.8, 4) is 0 Å². The van der Waals surface area contributed by atoms with Crippen LogP contribution in [0.3, 0.4) is 0 Å². The van der Waals surface area contributed by atoms with Crippen LogP contribution < -0.4 is 51.1 Å². The van der Waals surface area contributed by atoms with E-state index in [4.69, 9.17) is 122 Å². The molecular formula is C65H75FN26O38P6. The lowest BCUT2D eigenvalue weighted by molar-refractivity contribution is -0.184. The lowest BCUT2D eigenvalue weighted by atomic mass is 10.0. The molecule has 730 valence electrons. The Kier molecular flexibility index (Phi) is 23.9. The van der Waals surface area contributed by atoms with Crippen molar-refractivity contribution in [2.75, 3.05) is 80.7 Å². The molecule has 10 aliphatic rings. The predicted molar refractivity (Wildman–Crippen MR) is 441 cm³/mol. The number of alkyl halides is 1. The van der Waals surface area contributed by atoms with Gasteiger partial charge in [-0.1, -0.05) is 0 Å². The first-order valence-electron chi connectivity index (χ1n) is 39.9. The number of imidazole rings is 5. The SMILES string of the molecule is Nc1nc2c(ncn2[C@@H]2O[C@@H]3COP(=O)(O)OC4[C@@H](COP(=O)(O)O[C@H]2C3O)O[C@@H](n2ccc3c(N)ccnc32)[C@H]4O)c(=O)[nH]1.Nc1nc2c(ncn2[C@@H]2O[C@@H]3COP(=O)(O)OC4[C@@H](COP(=O)(O)O[C@H]2C3O)O[C@@H](n2cnc3c(N)ccnc32)[C@H]4F)c(=O)[nH]1.Nc1nc2c(ncn2[C@@H]2O[C@@H]3COP(=O)(O)OC4[C@@H]5OC[C@]4(COP(=O)(O)O[C@H]2C3O)O[C@H]5n2cnc3c(N)ccnc32)c(=O)[nH]1. The number of H-pyrrole nitrogens is 3. The number of nitrogens with two attached hydrogens (primary N) is 6. The molecule has 25 N–H and O–H groups in total. The minimum atomic E-state index is -5.15. The molecular weight excluding hydrogens is 1960 g/mol. The predicted octanol–water partition coefficient (Wildman–Crippen LogP) is -3.22. The first kappa shape index (κ1) is 93.6. The molecule has 0 saturated carbocycles. The van der Waals surface area contributed by atoms with E-state index in [1.54, 1.807) is 18.2 Å². The first-order chi connectivity index (χ1) is 64.5. The van der Waals surface area contributed by atoms with Crippen molar-refractivity contribution in [2.45, 2.75) is 147 Å². The van der Waals surface area contributed by atoms with Gasteiger partial charge in [0.15, 0.2) is 88.3 Å². The van der Waals surface area contributed by atoms with Gasteiger partial charge in [0, 0.05) is 35.9 Å². The number of phosphoric ester groups is 6. The highest BCUT2D eigenvalue weighted by Crippen LogP contribution is 2.61. The van der Waals surface area contributed by atoms with Crippen LogP contribution in [0.5, 0.6) is 0 Å². The van der Waals surface area contributed by atoms with E-state index in [-0.39, 0.29) is 74.8 Å². The normalized spacial score (nSPS) is 38.4. The Morgan fingerprint density at radius 2 is 0.706 bits per heavy atom. The van der Waals surface area contributed by atoms with Crippen LogP contribution in [0, 0.1) is 0 Å². The Morgan fingerprint density at radius 3 is 1.15 bits per heavy atom. The van der Waals surface area contributed by atoms with E-state index in [0.717, 1.165) is 32.7 Å². The number of hydrogen-bond acceptors (Lipinski definition) is 49. The zero-order valence-electron chi connectivity index (χ0n) is 68.3. The average molecular weight is 2030 g/mol. The fourth-order valence-corrected chi connectivity index (χ4v) is 22.7. The topological polar surface area (TPSA) is 906 Å². The molecule has 64 nitrogen and oxygen atoms in total. The van der Waals surface area contributed by atoms with E-state index >= 15 is 4.39 Å². The minimum absolute atomic E-state index is 0.107. The number of aromatic nitrogens is 20. The summed E-state index contributed by atoms with van der Waals surface area (Å²) in [6, 6.07) is 6.23. The lowest BCUT2D eigenvalue weighted by Crippen LogP contribution is -2.45. The number of aliphatic hydroxyl groups is 4. The lowest BCUT2D eigenvalue weighted by Gasteiger charge is -2.32. The summed E-state index contributed by atoms with van der Waals surface area (Å²) in [5.41, 5.74) is 32.5. The van der Waals surface area contributed by atoms with E-state index in [1.165, 1.54) is 57.2 Å². The van der Waals surface area contributed by atoms with Crippen molar-refractivity contribution in [3.05, 3.63) is 112 Å². The van der Waals surface area contributed by atoms with Gasteiger partial charge >= 0.3 is 46.9 Å². The highest BCUT2D eigenvalue weighted by Gasteiger charge is 2.67. The number of rotatable bonds is 6. The van der Waals surface area contributed by atoms with Gasteiger partial charge in [0.2, 0.25) is 17.8 Å². The van der Waals surface area contributed by atoms with Gasteiger partial charge in [-0.3, -0.25) is 106 Å². The number of nitrogen functional groups attached to an aromatic ring is 6. The number of halogens is 1. The summed E-state index contributed by atoms with van der Waals surface area (Å²) in [5, 5.41) is 44.8. The highest BCUT2D eigenvalue weighted by atomic mass is 31.2. The Morgan fingerprint density at radius 1 is 0.360 bits per heavy atom. The zero-order valence-corrected chi connectivity index (χ0v) is 73.6. The van der Waals surface area contributed by atoms with Crippen molar-refractivity contribution in [3.63, 3.8) is 0 Å². The number of phosphoric acid groups is 6. The van der Waals surface area contributed by atoms with Crippen LogP contribution in [-0.2, 0) is 115 Å². The highest BCUT2D eigenvalue weighted by molar-refractivity contribution is 7.48. The molecule has 12 unspecified atom stereocenters. The van der Waals surface area contributed by atoms with Crippen LogP contribution in [-0.4, -0.2) is 303 Å². The number of aromatic amines is 3. The van der Waals surface area contributed by atoms with Crippen LogP contribution >= 0.6 is 46.9 Å². The van der Waals surface area contributed by atoms with E-state index in [1.807, 2.05) is 0 Å². The zero-order chi connectivity index (χ0) is 95.8. The molecule has 10 saturated heterocycles. The third-order valence-corrected chi connectivity index (χ3v) is 29.0. The summed E-state index contributed by atoms with van der Waals surface area (Å²) in [4.78, 5) is 153. The minimum Gasteiger partial charge on any atom is -0.398 e. The summed E-state index contributed by atoms with van der Waals surface area (Å²) < 4.78 is 207. The molecule has 0 aromatic carbocycles. The number of fused-ring (bicyclic) bond motifs is 14. The first-order valence-corrected chi connectivity index (χ1v) is 48.8. The van der Waals surface area contributed by atoms with Crippen LogP contribution in [0.15, 0.2) is 95.1 Å². The van der Waals surface area contributed by atoms with Crippen molar-refractivity contribution in [1.29, 1.82) is 0 Å². The third-order valence-electron chi connectivity index (χ3n) is 23.1. The summed E-state index contributed by atoms with van der Waals surface area (Å²) in [6.07, 6.45) is -24.3. The van der Waals surface area contributed by atoms with Crippen molar-refractivity contribution in [2.24, 2.45) is 0 Å². The third kappa shape index (κ3) is 17.2. The number of hydrogen-bond donors (Lipinski definition) is 19. The molecule has 0 aliphatic carbocycles. The molecule has 12 aromatic rings. The molecule has 10 fully saturated rings. The average Bonchev–Trinajstić information content (AvgIpc) is 1.55. The second-order valence-corrected chi connectivity index (χ2v) is 40.1. The van der Waals surface area contributed by atoms with Gasteiger partial charge in [0.05, 0.1) is 89.3 Å². The van der Waals surface area contributed by atoms with Crippen molar-refractivity contribution >= 4 is 149 Å². The maximum atomic E-state index is 15.9. The van der Waals surface area contributed by atoms with E-state index in [2.05, 4.69) is 69.8 Å². The van der Waals surface area contributed by atoms with Gasteiger partial charge in [-0.2, -0.15) is 15.0 Å². The number of nitrogens with zero attached hydrogens (tertiary/aromatic N) is 17. The number of ether oxygens (including phenoxy) is 7. The van der Waals surface area contributed by atoms with Crippen LogP contribution in [0.4, 0.5) is 39.3 Å². The molecule has 0 radical (unpaired) electrons. The number of pyridine rings is 3. The fraction of sp³-hybridized carbons (Fsp3) is 0.477. The largest absolute Gasteiger partial charge is 0.472 e. The maximum absolute atomic E-state index is 15.9. The molecule has 22 rings (SSSR count). The molecule has 12 aromatic heterocycles. The van der Waals surface area contributed by atoms with Crippen LogP contribution in [0.2, 0.25) is 0 Å². The molecule has 22 heterocycles. The Hall–Kier alpha value is -10.1. The monoisotopic (exact) mass is 2030 g/mol. The molecule has 0 amide bonds. The summed E-state index contributed by atoms with van der Waals surface area (Å²) in [6.45, 7) is -5.15. The van der Waals surface area contributed by atoms with Crippen LogP contribution in [0.25, 0.3) is 66.9 Å². The smallest absolute Gasteiger partial charge is 0.398 e. The number of aliphatic hydroxyl groups excluding tert-OH is 4. The number of nitrogens with one attached hydrogen (secondary N) is 3. The van der Waals surface area contributed by atoms with E-state index in [9.17, 15) is 91.6 Å². The second kappa shape index (κ2) is 34.8. The molecule has 136 heavy (non-hydrogen) atoms. The fourth-order valence-electron chi connectivity index (χ4n) is 16.9. The molecule has 10 aliphatic heterocycles. The van der Waals surface area contributed by atoms with Gasteiger partial charge in [0.25, 0.3) is 16.7 Å². The summed E-state index contributed by atoms with van der Waals surface area (Å²) in [5.74, 6) is -0.837. The van der Waals surface area contributed by atoms with Gasteiger partial charge in [-0.25, -0.2) is 71.7 Å². The Labute approximate surface area is 751 Å². The summed E-state index contributed by atoms with van der Waals surface area (Å²) in [7, 11) is -30.5. The second-order valence-electron chi connectivity index (χ2n) is 31.7. The van der Waals surface area contributed by atoms with Gasteiger partial charge in [-0.05, 0) is 24.3 Å². The quantitative estimate of drug-likeness (QED) is 0.0728. The van der Waals surface area contributed by atoms with E-state index < -0.39 is 250 Å².